The highest BCUT2D eigenvalue weighted by atomic mass is 32.2. The Morgan fingerprint density at radius 3 is 2.10 bits per heavy atom. The maximum atomic E-state index is 12.1. The predicted molar refractivity (Wildman–Crippen MR) is 117 cm³/mol. The van der Waals surface area contributed by atoms with Crippen LogP contribution in [0.5, 0.6) is 11.5 Å². The molecular weight excluding hydrogens is 408 g/mol. The van der Waals surface area contributed by atoms with Gasteiger partial charge in [-0.15, -0.1) is 11.8 Å². The number of amides is 2. The molecule has 0 saturated heterocycles. The zero-order chi connectivity index (χ0) is 21.9. The molecule has 0 aliphatic rings. The molecule has 2 aromatic rings. The molecule has 2 amide bonds. The number of anilines is 2. The van der Waals surface area contributed by atoms with Crippen molar-refractivity contribution in [3.63, 3.8) is 0 Å². The molecule has 2 N–H and O–H groups in total. The minimum Gasteiger partial charge on any atom is -0.493 e. The molecule has 0 atom stereocenters. The molecule has 0 aliphatic carbocycles. The van der Waals surface area contributed by atoms with E-state index in [4.69, 9.17) is 14.2 Å². The number of carbonyl (C=O) groups is 3. The molecule has 0 unspecified atom stereocenters. The highest BCUT2D eigenvalue weighted by molar-refractivity contribution is 8.00. The summed E-state index contributed by atoms with van der Waals surface area (Å²) < 4.78 is 15.3. The van der Waals surface area contributed by atoms with Gasteiger partial charge in [0.2, 0.25) is 11.8 Å². The van der Waals surface area contributed by atoms with E-state index < -0.39 is 5.97 Å². The molecule has 2 aromatic carbocycles. The van der Waals surface area contributed by atoms with Crippen LogP contribution in [0, 0.1) is 0 Å². The van der Waals surface area contributed by atoms with Gasteiger partial charge in [-0.2, -0.15) is 0 Å². The largest absolute Gasteiger partial charge is 0.493 e. The fourth-order valence-corrected chi connectivity index (χ4v) is 3.10. The number of ether oxygens (including phenoxy) is 3. The Balaban J connectivity index is 1.80. The van der Waals surface area contributed by atoms with Crippen LogP contribution in [0.1, 0.15) is 17.3 Å². The number of hydrogen-bond acceptors (Lipinski definition) is 7. The number of carbonyl (C=O) groups excluding carboxylic acids is 3. The van der Waals surface area contributed by atoms with Crippen molar-refractivity contribution in [2.75, 3.05) is 43.0 Å². The molecule has 8 nitrogen and oxygen atoms in total. The van der Waals surface area contributed by atoms with Crippen LogP contribution >= 0.6 is 11.8 Å². The first-order valence-electron chi connectivity index (χ1n) is 9.13. The van der Waals surface area contributed by atoms with Crippen LogP contribution in [0.4, 0.5) is 11.4 Å². The number of nitrogens with one attached hydrogen (secondary N) is 2. The zero-order valence-electron chi connectivity index (χ0n) is 17.0. The average Bonchev–Trinajstić information content (AvgIpc) is 2.74. The third-order valence-corrected chi connectivity index (χ3v) is 4.72. The maximum Gasteiger partial charge on any atom is 0.338 e. The molecule has 0 spiro atoms. The Hall–Kier alpha value is -3.20. The van der Waals surface area contributed by atoms with Gasteiger partial charge in [0.15, 0.2) is 11.5 Å². The monoisotopic (exact) mass is 432 g/mol. The molecule has 0 radical (unpaired) electrons. The standard InChI is InChI=1S/C21H24N2O6S/c1-4-29-21(26)14-6-5-7-15(10-14)22-19(24)12-30-13-20(25)23-16-8-9-17(27-2)18(11-16)28-3/h5-11H,4,12-13H2,1-3H3,(H,22,24)(H,23,25). The number of hydrogen-bond donors (Lipinski definition) is 2. The quantitative estimate of drug-likeness (QED) is 0.556. The number of methoxy groups -OCH3 is 2. The molecule has 0 heterocycles. The summed E-state index contributed by atoms with van der Waals surface area (Å²) in [7, 11) is 3.05. The summed E-state index contributed by atoms with van der Waals surface area (Å²) in [6, 6.07) is 11.5. The van der Waals surface area contributed by atoms with Crippen molar-refractivity contribution in [2.24, 2.45) is 0 Å². The van der Waals surface area contributed by atoms with E-state index >= 15 is 0 Å². The van der Waals surface area contributed by atoms with Crippen molar-refractivity contribution in [3.05, 3.63) is 48.0 Å². The van der Waals surface area contributed by atoms with Crippen LogP contribution in [0.25, 0.3) is 0 Å². The molecule has 0 fully saturated rings. The van der Waals surface area contributed by atoms with E-state index in [1.165, 1.54) is 26.0 Å². The van der Waals surface area contributed by atoms with Gasteiger partial charge >= 0.3 is 5.97 Å². The van der Waals surface area contributed by atoms with Crippen molar-refractivity contribution in [3.8, 4) is 11.5 Å². The molecule has 30 heavy (non-hydrogen) atoms. The molecule has 160 valence electrons. The van der Waals surface area contributed by atoms with E-state index in [2.05, 4.69) is 10.6 Å². The van der Waals surface area contributed by atoms with Crippen LogP contribution in [0.15, 0.2) is 42.5 Å². The van der Waals surface area contributed by atoms with Crippen molar-refractivity contribution >= 4 is 40.9 Å². The van der Waals surface area contributed by atoms with Gasteiger partial charge in [-0.1, -0.05) is 6.07 Å². The normalized spacial score (nSPS) is 10.1. The minimum absolute atomic E-state index is 0.0863. The lowest BCUT2D eigenvalue weighted by molar-refractivity contribution is -0.114. The Morgan fingerprint density at radius 1 is 0.867 bits per heavy atom. The third kappa shape index (κ3) is 7.00. The van der Waals surface area contributed by atoms with Crippen molar-refractivity contribution in [2.45, 2.75) is 6.92 Å². The first-order valence-corrected chi connectivity index (χ1v) is 10.3. The SMILES string of the molecule is CCOC(=O)c1cccc(NC(=O)CSCC(=O)Nc2ccc(OC)c(OC)c2)c1. The van der Waals surface area contributed by atoms with Gasteiger partial charge in [0, 0.05) is 17.4 Å². The fraction of sp³-hybridized carbons (Fsp3) is 0.286. The van der Waals surface area contributed by atoms with Crippen molar-refractivity contribution in [1.82, 2.24) is 0 Å². The van der Waals surface area contributed by atoms with Gasteiger partial charge in [0.05, 0.1) is 37.9 Å². The summed E-state index contributed by atoms with van der Waals surface area (Å²) in [6.45, 7) is 2.00. The van der Waals surface area contributed by atoms with E-state index in [1.54, 1.807) is 49.4 Å². The summed E-state index contributed by atoms with van der Waals surface area (Å²) in [6.07, 6.45) is 0. The van der Waals surface area contributed by atoms with Crippen molar-refractivity contribution in [1.29, 1.82) is 0 Å². The first-order chi connectivity index (χ1) is 14.5. The van der Waals surface area contributed by atoms with Gasteiger partial charge in [-0.3, -0.25) is 9.59 Å². The first kappa shape index (κ1) is 23.1. The van der Waals surface area contributed by atoms with Gasteiger partial charge in [0.25, 0.3) is 0 Å². The second kappa shape index (κ2) is 11.7. The van der Waals surface area contributed by atoms with E-state index in [-0.39, 0.29) is 29.9 Å². The molecule has 0 aliphatic heterocycles. The van der Waals surface area contributed by atoms with Crippen LogP contribution in [0.3, 0.4) is 0 Å². The molecule has 9 heteroatoms. The highest BCUT2D eigenvalue weighted by Crippen LogP contribution is 2.29. The summed E-state index contributed by atoms with van der Waals surface area (Å²) >= 11 is 1.17. The van der Waals surface area contributed by atoms with Crippen LogP contribution in [-0.4, -0.2) is 50.1 Å². The van der Waals surface area contributed by atoms with Gasteiger partial charge in [-0.05, 0) is 37.3 Å². The second-order valence-electron chi connectivity index (χ2n) is 5.96. The number of benzene rings is 2. The topological polar surface area (TPSA) is 103 Å². The van der Waals surface area contributed by atoms with E-state index in [1.807, 2.05) is 0 Å². The minimum atomic E-state index is -0.449. The van der Waals surface area contributed by atoms with E-state index in [9.17, 15) is 14.4 Å². The summed E-state index contributed by atoms with van der Waals surface area (Å²) in [5.74, 6) is 0.285. The lowest BCUT2D eigenvalue weighted by Crippen LogP contribution is -2.18. The smallest absolute Gasteiger partial charge is 0.338 e. The molecular formula is C21H24N2O6S. The summed E-state index contributed by atoms with van der Waals surface area (Å²) in [5, 5.41) is 5.45. The van der Waals surface area contributed by atoms with Crippen molar-refractivity contribution < 1.29 is 28.6 Å². The maximum absolute atomic E-state index is 12.1. The van der Waals surface area contributed by atoms with E-state index in [0.29, 0.717) is 28.4 Å². The lowest BCUT2D eigenvalue weighted by Gasteiger charge is -2.10. The predicted octanol–water partition coefficient (Wildman–Crippen LogP) is 3.19. The number of esters is 1. The Bertz CT molecular complexity index is 903. The second-order valence-corrected chi connectivity index (χ2v) is 6.95. The summed E-state index contributed by atoms with van der Waals surface area (Å²) in [5.41, 5.74) is 1.41. The van der Waals surface area contributed by atoms with E-state index in [0.717, 1.165) is 0 Å². The molecule has 2 rings (SSSR count). The van der Waals surface area contributed by atoms with Crippen LogP contribution in [0.2, 0.25) is 0 Å². The lowest BCUT2D eigenvalue weighted by atomic mass is 10.2. The number of rotatable bonds is 10. The van der Waals surface area contributed by atoms with Gasteiger partial charge in [0.1, 0.15) is 0 Å². The number of thioether (sulfide) groups is 1. The van der Waals surface area contributed by atoms with Gasteiger partial charge < -0.3 is 24.8 Å². The molecule has 0 saturated carbocycles. The van der Waals surface area contributed by atoms with Crippen LogP contribution in [-0.2, 0) is 14.3 Å². The zero-order valence-corrected chi connectivity index (χ0v) is 17.8. The highest BCUT2D eigenvalue weighted by Gasteiger charge is 2.11. The third-order valence-electron chi connectivity index (χ3n) is 3.79. The Morgan fingerprint density at radius 2 is 1.50 bits per heavy atom. The summed E-state index contributed by atoms with van der Waals surface area (Å²) in [4.78, 5) is 36.0. The Labute approximate surface area is 179 Å². The average molecular weight is 432 g/mol. The molecule has 0 aromatic heterocycles. The molecule has 0 bridgehead atoms. The fourth-order valence-electron chi connectivity index (χ4n) is 2.48. The Kier molecular flexibility index (Phi) is 9.02. The van der Waals surface area contributed by atoms with Gasteiger partial charge in [-0.25, -0.2) is 4.79 Å². The van der Waals surface area contributed by atoms with Crippen LogP contribution < -0.4 is 20.1 Å².